The van der Waals surface area contributed by atoms with Gasteiger partial charge in [-0.05, 0) is 44.6 Å². The Bertz CT molecular complexity index is 836. The molecule has 2 rings (SSSR count). The highest BCUT2D eigenvalue weighted by Crippen LogP contribution is 2.21. The van der Waals surface area contributed by atoms with Crippen molar-refractivity contribution in [1.29, 1.82) is 0 Å². The molecular formula is C20H26N2O4S. The van der Waals surface area contributed by atoms with E-state index in [0.29, 0.717) is 19.5 Å². The smallest absolute Gasteiger partial charge is 0.304 e. The number of benzene rings is 2. The number of nitrogens with zero attached hydrogens (tertiary/aromatic N) is 1. The zero-order valence-electron chi connectivity index (χ0n) is 15.6. The Kier molecular flexibility index (Phi) is 7.53. The van der Waals surface area contributed by atoms with Crippen molar-refractivity contribution in [2.24, 2.45) is 0 Å². The molecule has 0 aromatic heterocycles. The minimum absolute atomic E-state index is 0.0571. The van der Waals surface area contributed by atoms with E-state index in [4.69, 9.17) is 5.11 Å². The first-order chi connectivity index (χ1) is 12.8. The Morgan fingerprint density at radius 1 is 1.07 bits per heavy atom. The van der Waals surface area contributed by atoms with Crippen LogP contribution in [0.15, 0.2) is 59.5 Å². The lowest BCUT2D eigenvalue weighted by Gasteiger charge is -2.23. The van der Waals surface area contributed by atoms with Gasteiger partial charge in [0, 0.05) is 12.6 Å². The molecule has 1 unspecified atom stereocenters. The molecule has 0 radical (unpaired) electrons. The van der Waals surface area contributed by atoms with Gasteiger partial charge >= 0.3 is 5.97 Å². The number of rotatable bonds is 10. The molecule has 0 fully saturated rings. The van der Waals surface area contributed by atoms with E-state index in [1.54, 1.807) is 24.3 Å². The lowest BCUT2D eigenvalue weighted by molar-refractivity contribution is -0.137. The van der Waals surface area contributed by atoms with E-state index in [1.807, 2.05) is 49.2 Å². The molecule has 2 aromatic rings. The number of carboxylic acids is 1. The lowest BCUT2D eigenvalue weighted by atomic mass is 10.0. The summed E-state index contributed by atoms with van der Waals surface area (Å²) in [6.45, 7) is 2.90. The Labute approximate surface area is 160 Å². The molecule has 0 amide bonds. The molecule has 2 aromatic carbocycles. The fourth-order valence-electron chi connectivity index (χ4n) is 2.70. The van der Waals surface area contributed by atoms with Gasteiger partial charge in [-0.1, -0.05) is 48.0 Å². The van der Waals surface area contributed by atoms with Crippen molar-refractivity contribution in [1.82, 2.24) is 9.62 Å². The molecule has 0 saturated heterocycles. The molecule has 0 heterocycles. The van der Waals surface area contributed by atoms with Crippen molar-refractivity contribution >= 4 is 16.0 Å². The summed E-state index contributed by atoms with van der Waals surface area (Å²) >= 11 is 0. The molecule has 0 aliphatic carbocycles. The molecule has 0 bridgehead atoms. The lowest BCUT2D eigenvalue weighted by Crippen LogP contribution is -2.32. The van der Waals surface area contributed by atoms with Crippen molar-refractivity contribution in [3.05, 3.63) is 65.7 Å². The Morgan fingerprint density at radius 3 is 2.30 bits per heavy atom. The van der Waals surface area contributed by atoms with Crippen LogP contribution < -0.4 is 4.72 Å². The highest BCUT2D eigenvalue weighted by atomic mass is 32.2. The van der Waals surface area contributed by atoms with Gasteiger partial charge in [0.05, 0.1) is 11.3 Å². The average molecular weight is 391 g/mol. The highest BCUT2D eigenvalue weighted by Gasteiger charge is 2.21. The van der Waals surface area contributed by atoms with Crippen molar-refractivity contribution in [3.8, 4) is 0 Å². The maximum absolute atomic E-state index is 12.8. The molecular weight excluding hydrogens is 364 g/mol. The fraction of sp³-hybridized carbons (Fsp3) is 0.350. The monoisotopic (exact) mass is 390 g/mol. The summed E-state index contributed by atoms with van der Waals surface area (Å²) in [6, 6.07) is 15.7. The van der Waals surface area contributed by atoms with Gasteiger partial charge < -0.3 is 10.0 Å². The van der Waals surface area contributed by atoms with Crippen LogP contribution in [0.2, 0.25) is 0 Å². The van der Waals surface area contributed by atoms with Crippen LogP contribution in [-0.2, 0) is 14.8 Å². The van der Waals surface area contributed by atoms with Gasteiger partial charge in [-0.2, -0.15) is 0 Å². The number of aliphatic carboxylic acids is 1. The van der Waals surface area contributed by atoms with Crippen LogP contribution in [0.3, 0.4) is 0 Å². The second kappa shape index (κ2) is 9.64. The van der Waals surface area contributed by atoms with Gasteiger partial charge in [0.15, 0.2) is 0 Å². The molecule has 0 aliphatic heterocycles. The highest BCUT2D eigenvalue weighted by molar-refractivity contribution is 7.89. The van der Waals surface area contributed by atoms with Crippen molar-refractivity contribution < 1.29 is 18.3 Å². The fourth-order valence-corrected chi connectivity index (χ4v) is 3.96. The Morgan fingerprint density at radius 2 is 1.70 bits per heavy atom. The van der Waals surface area contributed by atoms with Crippen molar-refractivity contribution in [2.45, 2.75) is 30.7 Å². The molecule has 0 spiro atoms. The normalized spacial score (nSPS) is 12.9. The van der Waals surface area contributed by atoms with E-state index in [0.717, 1.165) is 11.1 Å². The number of hydrogen-bond donors (Lipinski definition) is 2. The number of hydrogen-bond acceptors (Lipinski definition) is 4. The summed E-state index contributed by atoms with van der Waals surface area (Å²) in [5.41, 5.74) is 1.87. The SMILES string of the molecule is Cc1ccc(S(=O)(=O)NC(CCN(C)CCC(=O)O)c2ccccc2)cc1. The predicted molar refractivity (Wildman–Crippen MR) is 105 cm³/mol. The summed E-state index contributed by atoms with van der Waals surface area (Å²) < 4.78 is 28.4. The molecule has 1 atom stereocenters. The van der Waals surface area contributed by atoms with Gasteiger partial charge in [-0.3, -0.25) is 4.79 Å². The van der Waals surface area contributed by atoms with Crippen LogP contribution in [0.1, 0.15) is 30.0 Å². The van der Waals surface area contributed by atoms with Crippen LogP contribution in [0.4, 0.5) is 0 Å². The zero-order chi connectivity index (χ0) is 19.9. The average Bonchev–Trinajstić information content (AvgIpc) is 2.64. The van der Waals surface area contributed by atoms with Crippen LogP contribution in [0, 0.1) is 6.92 Å². The third-order valence-electron chi connectivity index (χ3n) is 4.34. The second-order valence-electron chi connectivity index (χ2n) is 6.63. The van der Waals surface area contributed by atoms with E-state index in [-0.39, 0.29) is 11.3 Å². The summed E-state index contributed by atoms with van der Waals surface area (Å²) in [6.07, 6.45) is 0.590. The molecule has 2 N–H and O–H groups in total. The minimum atomic E-state index is -3.66. The first-order valence-corrected chi connectivity index (χ1v) is 10.3. The van der Waals surface area contributed by atoms with Crippen molar-refractivity contribution in [2.75, 3.05) is 20.1 Å². The van der Waals surface area contributed by atoms with Crippen LogP contribution >= 0.6 is 0 Å². The third kappa shape index (κ3) is 6.78. The number of sulfonamides is 1. The summed E-state index contributed by atoms with van der Waals surface area (Å²) in [4.78, 5) is 12.8. The summed E-state index contributed by atoms with van der Waals surface area (Å²) in [5, 5.41) is 8.80. The van der Waals surface area contributed by atoms with Gasteiger partial charge in [0.1, 0.15) is 0 Å². The third-order valence-corrected chi connectivity index (χ3v) is 5.83. The standard InChI is InChI=1S/C20H26N2O4S/c1-16-8-10-18(11-9-16)27(25,26)21-19(17-6-4-3-5-7-17)12-14-22(2)15-13-20(23)24/h3-11,19,21H,12-15H2,1-2H3,(H,23,24). The van der Waals surface area contributed by atoms with Crippen LogP contribution in [0.5, 0.6) is 0 Å². The molecule has 0 aliphatic rings. The largest absolute Gasteiger partial charge is 0.481 e. The molecule has 0 saturated carbocycles. The number of carbonyl (C=O) groups is 1. The first kappa shape index (κ1) is 21.1. The van der Waals surface area contributed by atoms with E-state index >= 15 is 0 Å². The molecule has 27 heavy (non-hydrogen) atoms. The maximum Gasteiger partial charge on any atom is 0.304 e. The van der Waals surface area contributed by atoms with Crippen LogP contribution in [0.25, 0.3) is 0 Å². The van der Waals surface area contributed by atoms with E-state index in [1.165, 1.54) is 0 Å². The Balaban J connectivity index is 2.13. The summed E-state index contributed by atoms with van der Waals surface area (Å²) in [5.74, 6) is -0.846. The topological polar surface area (TPSA) is 86.7 Å². The number of carboxylic acid groups (broad SMARTS) is 1. The number of aryl methyl sites for hydroxylation is 1. The molecule has 7 heteroatoms. The predicted octanol–water partition coefficient (Wildman–Crippen LogP) is 2.81. The number of nitrogens with one attached hydrogen (secondary N) is 1. The van der Waals surface area contributed by atoms with E-state index in [9.17, 15) is 13.2 Å². The van der Waals surface area contributed by atoms with Crippen LogP contribution in [-0.4, -0.2) is 44.5 Å². The summed E-state index contributed by atoms with van der Waals surface area (Å²) in [7, 11) is -1.83. The van der Waals surface area contributed by atoms with E-state index in [2.05, 4.69) is 4.72 Å². The second-order valence-corrected chi connectivity index (χ2v) is 8.35. The Hall–Kier alpha value is -2.22. The molecule has 6 nitrogen and oxygen atoms in total. The van der Waals surface area contributed by atoms with Gasteiger partial charge in [-0.25, -0.2) is 13.1 Å². The van der Waals surface area contributed by atoms with Gasteiger partial charge in [0.2, 0.25) is 10.0 Å². The van der Waals surface area contributed by atoms with E-state index < -0.39 is 22.0 Å². The first-order valence-electron chi connectivity index (χ1n) is 8.82. The minimum Gasteiger partial charge on any atom is -0.481 e. The van der Waals surface area contributed by atoms with Crippen molar-refractivity contribution in [3.63, 3.8) is 0 Å². The van der Waals surface area contributed by atoms with Gasteiger partial charge in [0.25, 0.3) is 0 Å². The molecule has 146 valence electrons. The zero-order valence-corrected chi connectivity index (χ0v) is 16.4. The van der Waals surface area contributed by atoms with Gasteiger partial charge in [-0.15, -0.1) is 0 Å². The maximum atomic E-state index is 12.8. The quantitative estimate of drug-likeness (QED) is 0.651.